The molecule has 0 saturated heterocycles. The van der Waals surface area contributed by atoms with Crippen molar-refractivity contribution in [3.05, 3.63) is 22.8 Å². The topological polar surface area (TPSA) is 50.9 Å². The summed E-state index contributed by atoms with van der Waals surface area (Å²) in [7, 11) is 0. The standard InChI is InChI=1S/C13H17ClF3N3/c14-10-5-9(13(15,16)17)7-20-12(10)19-6-8-3-1-2-4-11(8)18/h5,7-8,11H,1-4,6,18H2,(H,19,20). The molecule has 2 rings (SSSR count). The predicted octanol–water partition coefficient (Wildman–Crippen LogP) is 3.68. The average Bonchev–Trinajstić information content (AvgIpc) is 2.38. The number of aromatic nitrogens is 1. The Bertz CT molecular complexity index is 465. The van der Waals surface area contributed by atoms with Gasteiger partial charge in [-0.25, -0.2) is 4.98 Å². The van der Waals surface area contributed by atoms with E-state index in [1.54, 1.807) is 0 Å². The number of nitrogens with two attached hydrogens (primary N) is 1. The van der Waals surface area contributed by atoms with Gasteiger partial charge in [0.1, 0.15) is 5.82 Å². The van der Waals surface area contributed by atoms with Gasteiger partial charge in [0.05, 0.1) is 10.6 Å². The fourth-order valence-corrected chi connectivity index (χ4v) is 2.67. The van der Waals surface area contributed by atoms with E-state index in [4.69, 9.17) is 17.3 Å². The van der Waals surface area contributed by atoms with E-state index in [0.29, 0.717) is 12.5 Å². The van der Waals surface area contributed by atoms with E-state index in [2.05, 4.69) is 10.3 Å². The number of nitrogens with one attached hydrogen (secondary N) is 1. The minimum atomic E-state index is -4.43. The third kappa shape index (κ3) is 3.76. The average molecular weight is 308 g/mol. The quantitative estimate of drug-likeness (QED) is 0.895. The van der Waals surface area contributed by atoms with Crippen LogP contribution in [-0.4, -0.2) is 17.6 Å². The van der Waals surface area contributed by atoms with Gasteiger partial charge in [0, 0.05) is 18.8 Å². The molecular formula is C13H17ClF3N3. The third-order valence-electron chi connectivity index (χ3n) is 3.67. The Hall–Kier alpha value is -1.01. The highest BCUT2D eigenvalue weighted by atomic mass is 35.5. The molecule has 1 aliphatic carbocycles. The lowest BCUT2D eigenvalue weighted by molar-refractivity contribution is -0.137. The number of pyridine rings is 1. The lowest BCUT2D eigenvalue weighted by Crippen LogP contribution is -2.37. The van der Waals surface area contributed by atoms with E-state index in [0.717, 1.165) is 37.9 Å². The maximum atomic E-state index is 12.5. The Kier molecular flexibility index (Phi) is 4.75. The molecule has 1 aliphatic rings. The molecule has 0 aromatic carbocycles. The van der Waals surface area contributed by atoms with Crippen LogP contribution in [0.5, 0.6) is 0 Å². The van der Waals surface area contributed by atoms with Gasteiger partial charge in [-0.2, -0.15) is 13.2 Å². The lowest BCUT2D eigenvalue weighted by Gasteiger charge is -2.28. The van der Waals surface area contributed by atoms with E-state index in [-0.39, 0.29) is 16.9 Å². The Morgan fingerprint density at radius 2 is 2.05 bits per heavy atom. The summed E-state index contributed by atoms with van der Waals surface area (Å²) in [5, 5.41) is 2.98. The highest BCUT2D eigenvalue weighted by Crippen LogP contribution is 2.32. The van der Waals surface area contributed by atoms with Crippen molar-refractivity contribution >= 4 is 17.4 Å². The van der Waals surface area contributed by atoms with Crippen molar-refractivity contribution in [1.82, 2.24) is 4.98 Å². The molecule has 2 unspecified atom stereocenters. The van der Waals surface area contributed by atoms with Crippen molar-refractivity contribution in [3.63, 3.8) is 0 Å². The number of hydrogen-bond donors (Lipinski definition) is 2. The van der Waals surface area contributed by atoms with Crippen LogP contribution < -0.4 is 11.1 Å². The van der Waals surface area contributed by atoms with Gasteiger partial charge in [-0.1, -0.05) is 24.4 Å². The van der Waals surface area contributed by atoms with Gasteiger partial charge in [-0.05, 0) is 24.8 Å². The van der Waals surface area contributed by atoms with Crippen LogP contribution in [-0.2, 0) is 6.18 Å². The second-order valence-corrected chi connectivity index (χ2v) is 5.55. The summed E-state index contributed by atoms with van der Waals surface area (Å²) in [5.41, 5.74) is 5.18. The summed E-state index contributed by atoms with van der Waals surface area (Å²) < 4.78 is 37.5. The van der Waals surface area contributed by atoms with Crippen molar-refractivity contribution < 1.29 is 13.2 Å². The largest absolute Gasteiger partial charge is 0.417 e. The van der Waals surface area contributed by atoms with Gasteiger partial charge in [-0.3, -0.25) is 0 Å². The van der Waals surface area contributed by atoms with Crippen LogP contribution in [0.2, 0.25) is 5.02 Å². The second-order valence-electron chi connectivity index (χ2n) is 5.14. The van der Waals surface area contributed by atoms with Gasteiger partial charge >= 0.3 is 6.18 Å². The number of alkyl halides is 3. The van der Waals surface area contributed by atoms with Crippen LogP contribution in [0.25, 0.3) is 0 Å². The summed E-state index contributed by atoms with van der Waals surface area (Å²) in [5.74, 6) is 0.585. The monoisotopic (exact) mass is 307 g/mol. The first-order valence-corrected chi connectivity index (χ1v) is 6.98. The zero-order chi connectivity index (χ0) is 14.8. The normalized spacial score (nSPS) is 23.6. The first-order valence-electron chi connectivity index (χ1n) is 6.60. The molecule has 0 aliphatic heterocycles. The molecule has 1 saturated carbocycles. The fraction of sp³-hybridized carbons (Fsp3) is 0.615. The van der Waals surface area contributed by atoms with E-state index >= 15 is 0 Å². The number of anilines is 1. The SMILES string of the molecule is NC1CCCCC1CNc1ncc(C(F)(F)F)cc1Cl. The number of rotatable bonds is 3. The predicted molar refractivity (Wildman–Crippen MR) is 72.7 cm³/mol. The fourth-order valence-electron chi connectivity index (χ4n) is 2.44. The molecule has 1 aromatic rings. The van der Waals surface area contributed by atoms with Crippen LogP contribution in [0.1, 0.15) is 31.2 Å². The molecule has 20 heavy (non-hydrogen) atoms. The van der Waals surface area contributed by atoms with Gasteiger partial charge < -0.3 is 11.1 Å². The minimum Gasteiger partial charge on any atom is -0.369 e. The first kappa shape index (κ1) is 15.4. The lowest BCUT2D eigenvalue weighted by atomic mass is 9.85. The van der Waals surface area contributed by atoms with Crippen LogP contribution in [0.4, 0.5) is 19.0 Å². The van der Waals surface area contributed by atoms with E-state index < -0.39 is 11.7 Å². The molecule has 0 spiro atoms. The number of nitrogens with zero attached hydrogens (tertiary/aromatic N) is 1. The number of hydrogen-bond acceptors (Lipinski definition) is 3. The highest BCUT2D eigenvalue weighted by molar-refractivity contribution is 6.32. The molecule has 1 fully saturated rings. The molecule has 112 valence electrons. The summed E-state index contributed by atoms with van der Waals surface area (Å²) >= 11 is 5.83. The Morgan fingerprint density at radius 3 is 2.65 bits per heavy atom. The van der Waals surface area contributed by atoms with Crippen LogP contribution >= 0.6 is 11.6 Å². The van der Waals surface area contributed by atoms with Crippen LogP contribution in [0, 0.1) is 5.92 Å². The van der Waals surface area contributed by atoms with Crippen molar-refractivity contribution in [2.24, 2.45) is 11.7 Å². The van der Waals surface area contributed by atoms with Crippen molar-refractivity contribution in [1.29, 1.82) is 0 Å². The maximum Gasteiger partial charge on any atom is 0.417 e. The van der Waals surface area contributed by atoms with Gasteiger partial charge in [-0.15, -0.1) is 0 Å². The third-order valence-corrected chi connectivity index (χ3v) is 3.96. The molecule has 1 aromatic heterocycles. The molecule has 2 atom stereocenters. The molecule has 1 heterocycles. The molecule has 3 nitrogen and oxygen atoms in total. The van der Waals surface area contributed by atoms with Crippen LogP contribution in [0.3, 0.4) is 0 Å². The maximum absolute atomic E-state index is 12.5. The molecule has 3 N–H and O–H groups in total. The Labute approximate surface area is 120 Å². The van der Waals surface area contributed by atoms with Crippen molar-refractivity contribution in [3.8, 4) is 0 Å². The first-order chi connectivity index (χ1) is 9.38. The van der Waals surface area contributed by atoms with Gasteiger partial charge in [0.15, 0.2) is 0 Å². The molecule has 0 bridgehead atoms. The minimum absolute atomic E-state index is 0.0239. The molecule has 7 heteroatoms. The zero-order valence-electron chi connectivity index (χ0n) is 10.9. The molecule has 0 radical (unpaired) electrons. The van der Waals surface area contributed by atoms with Crippen molar-refractivity contribution in [2.75, 3.05) is 11.9 Å². The summed E-state index contributed by atoms with van der Waals surface area (Å²) in [6, 6.07) is 1.02. The van der Waals surface area contributed by atoms with E-state index in [1.165, 1.54) is 0 Å². The Morgan fingerprint density at radius 1 is 1.35 bits per heavy atom. The molecular weight excluding hydrogens is 291 g/mol. The van der Waals surface area contributed by atoms with Crippen molar-refractivity contribution in [2.45, 2.75) is 37.9 Å². The number of halogens is 4. The van der Waals surface area contributed by atoms with E-state index in [1.807, 2.05) is 0 Å². The smallest absolute Gasteiger partial charge is 0.369 e. The van der Waals surface area contributed by atoms with Crippen LogP contribution in [0.15, 0.2) is 12.3 Å². The van der Waals surface area contributed by atoms with E-state index in [9.17, 15) is 13.2 Å². The van der Waals surface area contributed by atoms with Gasteiger partial charge in [0.25, 0.3) is 0 Å². The Balaban J connectivity index is 1.99. The summed E-state index contributed by atoms with van der Waals surface area (Å²) in [6.45, 7) is 0.583. The summed E-state index contributed by atoms with van der Waals surface area (Å²) in [4.78, 5) is 3.75. The highest BCUT2D eigenvalue weighted by Gasteiger charge is 2.31. The molecule has 0 amide bonds. The van der Waals surface area contributed by atoms with Gasteiger partial charge in [0.2, 0.25) is 0 Å². The zero-order valence-corrected chi connectivity index (χ0v) is 11.6. The second kappa shape index (κ2) is 6.18. The summed E-state index contributed by atoms with van der Waals surface area (Å²) in [6.07, 6.45) is 0.633.